The second-order valence-corrected chi connectivity index (χ2v) is 7.96. The van der Waals surface area contributed by atoms with Crippen LogP contribution in [0.5, 0.6) is 0 Å². The highest BCUT2D eigenvalue weighted by molar-refractivity contribution is 7.09. The lowest BCUT2D eigenvalue weighted by Gasteiger charge is -2.36. The molecule has 2 aliphatic rings. The molecule has 1 aliphatic heterocycles. The van der Waals surface area contributed by atoms with Crippen molar-refractivity contribution >= 4 is 29.2 Å². The smallest absolute Gasteiger partial charge is 0.325 e. The van der Waals surface area contributed by atoms with E-state index in [-0.39, 0.29) is 24.3 Å². The van der Waals surface area contributed by atoms with E-state index in [1.807, 2.05) is 31.4 Å². The maximum atomic E-state index is 12.9. The van der Waals surface area contributed by atoms with Gasteiger partial charge in [0.25, 0.3) is 5.91 Å². The van der Waals surface area contributed by atoms with Crippen LogP contribution in [0, 0.1) is 5.92 Å². The van der Waals surface area contributed by atoms with E-state index in [1.54, 1.807) is 16.2 Å². The van der Waals surface area contributed by atoms with Crippen LogP contribution < -0.4 is 5.32 Å². The number of nitrogens with zero attached hydrogens (tertiary/aromatic N) is 2. The number of rotatable bonds is 5. The molecule has 0 bridgehead atoms. The summed E-state index contributed by atoms with van der Waals surface area (Å²) in [6.45, 7) is 4.79. The van der Waals surface area contributed by atoms with Gasteiger partial charge in [0.05, 0.1) is 6.54 Å². The molecule has 2 fully saturated rings. The number of nitrogens with one attached hydrogen (secondary N) is 1. The van der Waals surface area contributed by atoms with Crippen molar-refractivity contribution in [3.8, 4) is 0 Å². The zero-order valence-corrected chi connectivity index (χ0v) is 15.6. The van der Waals surface area contributed by atoms with Crippen LogP contribution in [0.15, 0.2) is 17.5 Å². The van der Waals surface area contributed by atoms with Gasteiger partial charge in [-0.3, -0.25) is 14.5 Å². The van der Waals surface area contributed by atoms with Gasteiger partial charge in [0.15, 0.2) is 0 Å². The van der Waals surface area contributed by atoms with Crippen LogP contribution in [-0.4, -0.2) is 46.3 Å². The Hall–Kier alpha value is -1.89. The largest absolute Gasteiger partial charge is 0.336 e. The predicted molar refractivity (Wildman–Crippen MR) is 96.0 cm³/mol. The second-order valence-electron chi connectivity index (χ2n) is 6.93. The standard InChI is InChI=1S/C18H25N3O3S/c1-3-20(11-14-8-6-10-25-14)15(22)12-21-16(23)18(19-17(21)24)9-5-4-7-13(18)2/h6,8,10,13H,3-5,7,9,11-12H2,1-2H3,(H,19,24). The minimum absolute atomic E-state index is 0.103. The summed E-state index contributed by atoms with van der Waals surface area (Å²) in [4.78, 5) is 41.9. The van der Waals surface area contributed by atoms with Gasteiger partial charge in [-0.1, -0.05) is 25.8 Å². The molecule has 3 rings (SSSR count). The van der Waals surface area contributed by atoms with E-state index in [1.165, 1.54) is 0 Å². The average molecular weight is 363 g/mol. The summed E-state index contributed by atoms with van der Waals surface area (Å²) in [5, 5.41) is 4.87. The second kappa shape index (κ2) is 7.15. The van der Waals surface area contributed by atoms with E-state index in [9.17, 15) is 14.4 Å². The summed E-state index contributed by atoms with van der Waals surface area (Å²) in [5.74, 6) is -0.323. The molecule has 7 heteroatoms. The molecule has 1 saturated heterocycles. The van der Waals surface area contributed by atoms with Crippen molar-refractivity contribution in [2.75, 3.05) is 13.1 Å². The number of likely N-dealkylation sites (N-methyl/N-ethyl adjacent to an activating group) is 1. The zero-order chi connectivity index (χ0) is 18.0. The Bertz CT molecular complexity index is 661. The van der Waals surface area contributed by atoms with Crippen molar-refractivity contribution in [1.29, 1.82) is 0 Å². The van der Waals surface area contributed by atoms with Gasteiger partial charge in [-0.15, -0.1) is 11.3 Å². The Morgan fingerprint density at radius 1 is 1.44 bits per heavy atom. The van der Waals surface area contributed by atoms with Crippen molar-refractivity contribution in [1.82, 2.24) is 15.1 Å². The van der Waals surface area contributed by atoms with Crippen LogP contribution in [0.1, 0.15) is 44.4 Å². The van der Waals surface area contributed by atoms with Gasteiger partial charge in [0.2, 0.25) is 5.91 Å². The molecule has 2 atom stereocenters. The molecule has 0 radical (unpaired) electrons. The molecule has 0 aromatic carbocycles. The summed E-state index contributed by atoms with van der Waals surface area (Å²) in [7, 11) is 0. The first-order valence-electron chi connectivity index (χ1n) is 8.92. The minimum atomic E-state index is -0.805. The van der Waals surface area contributed by atoms with E-state index in [2.05, 4.69) is 5.32 Å². The molecule has 1 aromatic rings. The molecule has 1 aromatic heterocycles. The van der Waals surface area contributed by atoms with Crippen molar-refractivity contribution < 1.29 is 14.4 Å². The Kier molecular flexibility index (Phi) is 5.13. The molecule has 1 saturated carbocycles. The number of hydrogen-bond donors (Lipinski definition) is 1. The van der Waals surface area contributed by atoms with Crippen LogP contribution in [0.4, 0.5) is 4.79 Å². The van der Waals surface area contributed by atoms with E-state index >= 15 is 0 Å². The summed E-state index contributed by atoms with van der Waals surface area (Å²) in [5.41, 5.74) is -0.805. The van der Waals surface area contributed by atoms with Gasteiger partial charge < -0.3 is 10.2 Å². The molecule has 1 N–H and O–H groups in total. The fraction of sp³-hybridized carbons (Fsp3) is 0.611. The molecule has 136 valence electrons. The van der Waals surface area contributed by atoms with Gasteiger partial charge in [0, 0.05) is 11.4 Å². The Labute approximate surface area is 152 Å². The van der Waals surface area contributed by atoms with Crippen LogP contribution >= 0.6 is 11.3 Å². The van der Waals surface area contributed by atoms with E-state index in [0.29, 0.717) is 19.5 Å². The van der Waals surface area contributed by atoms with Crippen LogP contribution in [0.3, 0.4) is 0 Å². The highest BCUT2D eigenvalue weighted by Gasteiger charge is 2.55. The summed E-state index contributed by atoms with van der Waals surface area (Å²) >= 11 is 1.59. The summed E-state index contributed by atoms with van der Waals surface area (Å²) in [6, 6.07) is 3.50. The molecular formula is C18H25N3O3S. The first-order valence-corrected chi connectivity index (χ1v) is 9.80. The van der Waals surface area contributed by atoms with Crippen LogP contribution in [-0.2, 0) is 16.1 Å². The molecular weight excluding hydrogens is 338 g/mol. The van der Waals surface area contributed by atoms with Crippen molar-refractivity contribution in [2.24, 2.45) is 5.92 Å². The lowest BCUT2D eigenvalue weighted by atomic mass is 9.73. The topological polar surface area (TPSA) is 69.7 Å². The van der Waals surface area contributed by atoms with Crippen molar-refractivity contribution in [3.63, 3.8) is 0 Å². The Morgan fingerprint density at radius 2 is 2.24 bits per heavy atom. The summed E-state index contributed by atoms with van der Waals surface area (Å²) in [6.07, 6.45) is 3.59. The average Bonchev–Trinajstić information content (AvgIpc) is 3.18. The third kappa shape index (κ3) is 3.29. The monoisotopic (exact) mass is 363 g/mol. The fourth-order valence-corrected chi connectivity index (χ4v) is 4.56. The minimum Gasteiger partial charge on any atom is -0.336 e. The normalized spacial score (nSPS) is 26.2. The number of carbonyl (C=O) groups is 3. The number of thiophene rings is 1. The number of amides is 4. The third-order valence-electron chi connectivity index (χ3n) is 5.46. The molecule has 2 unspecified atom stereocenters. The quantitative estimate of drug-likeness (QED) is 0.818. The number of urea groups is 1. The third-order valence-corrected chi connectivity index (χ3v) is 6.32. The fourth-order valence-electron chi connectivity index (χ4n) is 3.84. The van der Waals surface area contributed by atoms with Gasteiger partial charge in [-0.25, -0.2) is 4.79 Å². The highest BCUT2D eigenvalue weighted by Crippen LogP contribution is 2.38. The molecule has 25 heavy (non-hydrogen) atoms. The SMILES string of the molecule is CCN(Cc1cccs1)C(=O)CN1C(=O)NC2(CCCCC2C)C1=O. The number of carbonyl (C=O) groups excluding carboxylic acids is 3. The molecule has 1 aliphatic carbocycles. The maximum absolute atomic E-state index is 12.9. The van der Waals surface area contributed by atoms with Crippen molar-refractivity contribution in [2.45, 2.75) is 51.6 Å². The number of imide groups is 1. The van der Waals surface area contributed by atoms with Gasteiger partial charge >= 0.3 is 6.03 Å². The van der Waals surface area contributed by atoms with E-state index in [0.717, 1.165) is 29.0 Å². The van der Waals surface area contributed by atoms with Crippen LogP contribution in [0.25, 0.3) is 0 Å². The number of hydrogen-bond acceptors (Lipinski definition) is 4. The Morgan fingerprint density at radius 3 is 2.88 bits per heavy atom. The molecule has 2 heterocycles. The lowest BCUT2D eigenvalue weighted by molar-refractivity contribution is -0.140. The van der Waals surface area contributed by atoms with Crippen molar-refractivity contribution in [3.05, 3.63) is 22.4 Å². The lowest BCUT2D eigenvalue weighted by Crippen LogP contribution is -2.54. The maximum Gasteiger partial charge on any atom is 0.325 e. The van der Waals surface area contributed by atoms with E-state index in [4.69, 9.17) is 0 Å². The van der Waals surface area contributed by atoms with Gasteiger partial charge in [-0.05, 0) is 37.1 Å². The zero-order valence-electron chi connectivity index (χ0n) is 14.8. The van der Waals surface area contributed by atoms with Gasteiger partial charge in [0.1, 0.15) is 12.1 Å². The Balaban J connectivity index is 1.70. The van der Waals surface area contributed by atoms with E-state index < -0.39 is 11.6 Å². The first-order chi connectivity index (χ1) is 12.0. The molecule has 4 amide bonds. The predicted octanol–water partition coefficient (Wildman–Crippen LogP) is 2.60. The van der Waals surface area contributed by atoms with Gasteiger partial charge in [-0.2, -0.15) is 0 Å². The molecule has 6 nitrogen and oxygen atoms in total. The highest BCUT2D eigenvalue weighted by atomic mass is 32.1. The first kappa shape index (κ1) is 17.9. The molecule has 1 spiro atoms. The summed E-state index contributed by atoms with van der Waals surface area (Å²) < 4.78 is 0. The van der Waals surface area contributed by atoms with Crippen LogP contribution in [0.2, 0.25) is 0 Å².